The Labute approximate surface area is 99.8 Å². The van der Waals surface area contributed by atoms with Gasteiger partial charge in [-0.15, -0.1) is 0 Å². The van der Waals surface area contributed by atoms with Gasteiger partial charge < -0.3 is 15.2 Å². The lowest BCUT2D eigenvalue weighted by Crippen LogP contribution is -2.13. The van der Waals surface area contributed by atoms with Crippen LogP contribution in [-0.2, 0) is 22.6 Å². The summed E-state index contributed by atoms with van der Waals surface area (Å²) in [7, 11) is 0. The summed E-state index contributed by atoms with van der Waals surface area (Å²) in [5.74, 6) is 0.0261. The van der Waals surface area contributed by atoms with Crippen LogP contribution in [0.5, 0.6) is 0 Å². The van der Waals surface area contributed by atoms with Crippen LogP contribution in [0.2, 0.25) is 0 Å². The molecule has 0 bridgehead atoms. The molecule has 5 nitrogen and oxygen atoms in total. The Balaban J connectivity index is 1.86. The number of aromatic nitrogens is 1. The highest BCUT2D eigenvalue weighted by atomic mass is 16.5. The molecule has 1 aliphatic rings. The smallest absolute Gasteiger partial charge is 0.303 e. The van der Waals surface area contributed by atoms with E-state index in [1.165, 1.54) is 5.56 Å². The zero-order chi connectivity index (χ0) is 12.1. The Bertz CT molecular complexity index is 407. The zero-order valence-corrected chi connectivity index (χ0v) is 9.61. The van der Waals surface area contributed by atoms with E-state index >= 15 is 0 Å². The molecule has 0 fully saturated rings. The molecule has 2 N–H and O–H groups in total. The van der Waals surface area contributed by atoms with Crippen molar-refractivity contribution in [1.29, 1.82) is 0 Å². The molecule has 2 heterocycles. The van der Waals surface area contributed by atoms with E-state index in [9.17, 15) is 4.79 Å². The Morgan fingerprint density at radius 2 is 2.41 bits per heavy atom. The van der Waals surface area contributed by atoms with E-state index in [1.54, 1.807) is 0 Å². The van der Waals surface area contributed by atoms with Crippen LogP contribution in [0.4, 0.5) is 5.82 Å². The standard InChI is InChI=1S/C12H16N2O3/c15-12(16)2-1-6-13-11-4-3-9-5-7-17-8-10(9)14-11/h3-4H,1-2,5-8H2,(H,13,14)(H,15,16). The molecule has 0 aromatic carbocycles. The molecule has 0 atom stereocenters. The van der Waals surface area contributed by atoms with Gasteiger partial charge in [-0.2, -0.15) is 0 Å². The van der Waals surface area contributed by atoms with Crippen LogP contribution >= 0.6 is 0 Å². The number of carboxylic acids is 1. The van der Waals surface area contributed by atoms with Crippen molar-refractivity contribution in [3.05, 3.63) is 23.4 Å². The van der Waals surface area contributed by atoms with Crippen molar-refractivity contribution >= 4 is 11.8 Å². The molecule has 0 radical (unpaired) electrons. The normalized spacial score (nSPS) is 14.1. The van der Waals surface area contributed by atoms with Gasteiger partial charge in [-0.1, -0.05) is 6.07 Å². The molecule has 0 amide bonds. The number of pyridine rings is 1. The van der Waals surface area contributed by atoms with Gasteiger partial charge in [0.25, 0.3) is 0 Å². The number of nitrogens with one attached hydrogen (secondary N) is 1. The predicted molar refractivity (Wildman–Crippen MR) is 63.0 cm³/mol. The van der Waals surface area contributed by atoms with E-state index < -0.39 is 5.97 Å². The lowest BCUT2D eigenvalue weighted by molar-refractivity contribution is -0.137. The molecule has 17 heavy (non-hydrogen) atoms. The minimum atomic E-state index is -0.765. The van der Waals surface area contributed by atoms with E-state index in [0.29, 0.717) is 19.6 Å². The van der Waals surface area contributed by atoms with Gasteiger partial charge in [-0.05, 0) is 24.5 Å². The first-order valence-corrected chi connectivity index (χ1v) is 5.78. The molecule has 92 valence electrons. The van der Waals surface area contributed by atoms with Gasteiger partial charge in [-0.25, -0.2) is 4.98 Å². The van der Waals surface area contributed by atoms with Crippen molar-refractivity contribution in [2.24, 2.45) is 0 Å². The lowest BCUT2D eigenvalue weighted by atomic mass is 10.1. The molecule has 2 rings (SSSR count). The largest absolute Gasteiger partial charge is 0.481 e. The number of nitrogens with zero attached hydrogens (tertiary/aromatic N) is 1. The number of fused-ring (bicyclic) bond motifs is 1. The minimum Gasteiger partial charge on any atom is -0.481 e. The number of rotatable bonds is 5. The Hall–Kier alpha value is -1.62. The summed E-state index contributed by atoms with van der Waals surface area (Å²) in [5.41, 5.74) is 2.23. The van der Waals surface area contributed by atoms with Gasteiger partial charge in [0.2, 0.25) is 0 Å². The zero-order valence-electron chi connectivity index (χ0n) is 9.61. The van der Waals surface area contributed by atoms with Gasteiger partial charge in [0.05, 0.1) is 18.9 Å². The molecule has 0 unspecified atom stereocenters. The Morgan fingerprint density at radius 3 is 3.24 bits per heavy atom. The fraction of sp³-hybridized carbons (Fsp3) is 0.500. The number of ether oxygens (including phenoxy) is 1. The number of carboxylic acid groups (broad SMARTS) is 1. The lowest BCUT2D eigenvalue weighted by Gasteiger charge is -2.16. The first kappa shape index (κ1) is 11.9. The van der Waals surface area contributed by atoms with Crippen molar-refractivity contribution in [3.63, 3.8) is 0 Å². The van der Waals surface area contributed by atoms with Gasteiger partial charge >= 0.3 is 5.97 Å². The van der Waals surface area contributed by atoms with E-state index in [4.69, 9.17) is 9.84 Å². The van der Waals surface area contributed by atoms with Crippen LogP contribution in [0.25, 0.3) is 0 Å². The second kappa shape index (κ2) is 5.63. The maximum atomic E-state index is 10.3. The first-order chi connectivity index (χ1) is 8.25. The summed E-state index contributed by atoms with van der Waals surface area (Å²) in [5, 5.41) is 11.6. The fourth-order valence-corrected chi connectivity index (χ4v) is 1.79. The average molecular weight is 236 g/mol. The molecular formula is C12H16N2O3. The van der Waals surface area contributed by atoms with Crippen molar-refractivity contribution in [2.45, 2.75) is 25.9 Å². The molecular weight excluding hydrogens is 220 g/mol. The van der Waals surface area contributed by atoms with Gasteiger partial charge in [0.1, 0.15) is 5.82 Å². The summed E-state index contributed by atoms with van der Waals surface area (Å²) in [4.78, 5) is 14.8. The highest BCUT2D eigenvalue weighted by Crippen LogP contribution is 2.17. The van der Waals surface area contributed by atoms with E-state index in [0.717, 1.165) is 24.5 Å². The maximum absolute atomic E-state index is 10.3. The van der Waals surface area contributed by atoms with Gasteiger partial charge in [-0.3, -0.25) is 4.79 Å². The second-order valence-electron chi connectivity index (χ2n) is 4.03. The van der Waals surface area contributed by atoms with Crippen molar-refractivity contribution < 1.29 is 14.6 Å². The third-order valence-corrected chi connectivity index (χ3v) is 2.70. The highest BCUT2D eigenvalue weighted by Gasteiger charge is 2.10. The summed E-state index contributed by atoms with van der Waals surface area (Å²) >= 11 is 0. The molecule has 0 saturated heterocycles. The molecule has 5 heteroatoms. The van der Waals surface area contributed by atoms with E-state index in [1.807, 2.05) is 6.07 Å². The molecule has 0 saturated carbocycles. The predicted octanol–water partition coefficient (Wildman–Crippen LogP) is 1.43. The van der Waals surface area contributed by atoms with E-state index in [-0.39, 0.29) is 6.42 Å². The van der Waals surface area contributed by atoms with Crippen LogP contribution < -0.4 is 5.32 Å². The van der Waals surface area contributed by atoms with Crippen molar-refractivity contribution in [3.8, 4) is 0 Å². The topological polar surface area (TPSA) is 71.5 Å². The second-order valence-corrected chi connectivity index (χ2v) is 4.03. The number of anilines is 1. The van der Waals surface area contributed by atoms with Crippen LogP contribution in [-0.4, -0.2) is 29.2 Å². The maximum Gasteiger partial charge on any atom is 0.303 e. The Morgan fingerprint density at radius 1 is 1.53 bits per heavy atom. The van der Waals surface area contributed by atoms with E-state index in [2.05, 4.69) is 16.4 Å². The summed E-state index contributed by atoms with van der Waals surface area (Å²) in [6.07, 6.45) is 1.70. The third kappa shape index (κ3) is 3.42. The molecule has 0 aliphatic carbocycles. The number of carbonyl (C=O) groups is 1. The molecule has 0 spiro atoms. The van der Waals surface area contributed by atoms with Crippen molar-refractivity contribution in [1.82, 2.24) is 4.98 Å². The molecule has 1 aromatic rings. The number of aliphatic carboxylic acids is 1. The third-order valence-electron chi connectivity index (χ3n) is 2.70. The highest BCUT2D eigenvalue weighted by molar-refractivity contribution is 5.66. The van der Waals surface area contributed by atoms with Crippen LogP contribution in [0.1, 0.15) is 24.1 Å². The quantitative estimate of drug-likeness (QED) is 0.757. The molecule has 1 aliphatic heterocycles. The minimum absolute atomic E-state index is 0.182. The monoisotopic (exact) mass is 236 g/mol. The summed E-state index contributed by atoms with van der Waals surface area (Å²) < 4.78 is 5.34. The summed E-state index contributed by atoms with van der Waals surface area (Å²) in [6.45, 7) is 1.96. The van der Waals surface area contributed by atoms with Crippen LogP contribution in [0.15, 0.2) is 12.1 Å². The van der Waals surface area contributed by atoms with Crippen LogP contribution in [0.3, 0.4) is 0 Å². The average Bonchev–Trinajstić information content (AvgIpc) is 2.34. The van der Waals surface area contributed by atoms with Crippen LogP contribution in [0, 0.1) is 0 Å². The first-order valence-electron chi connectivity index (χ1n) is 5.78. The number of hydrogen-bond acceptors (Lipinski definition) is 4. The summed E-state index contributed by atoms with van der Waals surface area (Å²) in [6, 6.07) is 4.00. The SMILES string of the molecule is O=C(O)CCCNc1ccc2c(n1)COCC2. The fourth-order valence-electron chi connectivity index (χ4n) is 1.79. The van der Waals surface area contributed by atoms with Gasteiger partial charge in [0, 0.05) is 13.0 Å². The molecule has 1 aromatic heterocycles. The van der Waals surface area contributed by atoms with Gasteiger partial charge in [0.15, 0.2) is 0 Å². The van der Waals surface area contributed by atoms with Crippen molar-refractivity contribution in [2.75, 3.05) is 18.5 Å². The Kier molecular flexibility index (Phi) is 3.93. The number of hydrogen-bond donors (Lipinski definition) is 2.